The number of halogens is 4. The molecule has 0 aliphatic carbocycles. The summed E-state index contributed by atoms with van der Waals surface area (Å²) in [5.74, 6) is 1.43. The van der Waals surface area contributed by atoms with Gasteiger partial charge in [-0.15, -0.1) is 35.6 Å². The second-order valence-corrected chi connectivity index (χ2v) is 5.10. The molecule has 0 fully saturated rings. The van der Waals surface area contributed by atoms with Crippen molar-refractivity contribution in [3.8, 4) is 5.75 Å². The van der Waals surface area contributed by atoms with Gasteiger partial charge >= 0.3 is 0 Å². The van der Waals surface area contributed by atoms with Gasteiger partial charge in [-0.25, -0.2) is 0 Å². The van der Waals surface area contributed by atoms with Gasteiger partial charge in [0.15, 0.2) is 0 Å². The molecule has 0 heterocycles. The van der Waals surface area contributed by atoms with Crippen molar-refractivity contribution in [2.24, 2.45) is 0 Å². The van der Waals surface area contributed by atoms with E-state index in [-0.39, 0.29) is 12.4 Å². The predicted octanol–water partition coefficient (Wildman–Crippen LogP) is 3.86. The summed E-state index contributed by atoms with van der Waals surface area (Å²) in [5.41, 5.74) is 0.879. The third-order valence-corrected chi connectivity index (χ3v) is 3.07. The topological polar surface area (TPSA) is 23.5 Å². The van der Waals surface area contributed by atoms with E-state index in [1.165, 1.54) is 0 Å². The summed E-state index contributed by atoms with van der Waals surface area (Å²) in [6.07, 6.45) is 0. The standard InChI is InChI=1S/C11H14BrCl2NO.ClH/c12-10-1-2-11(16)9(7-10)8-15(5-3-13)6-4-14;/h1-2,7,16H,3-6,8H2;1H. The van der Waals surface area contributed by atoms with Crippen LogP contribution >= 0.6 is 51.5 Å². The molecule has 0 saturated carbocycles. The van der Waals surface area contributed by atoms with Crippen molar-refractivity contribution in [3.05, 3.63) is 28.2 Å². The number of nitrogens with zero attached hydrogens (tertiary/aromatic N) is 1. The molecule has 0 atom stereocenters. The van der Waals surface area contributed by atoms with Crippen molar-refractivity contribution in [2.45, 2.75) is 6.54 Å². The Morgan fingerprint density at radius 2 is 1.76 bits per heavy atom. The van der Waals surface area contributed by atoms with E-state index in [0.29, 0.717) is 24.1 Å². The minimum Gasteiger partial charge on any atom is -0.508 e. The van der Waals surface area contributed by atoms with Crippen molar-refractivity contribution in [3.63, 3.8) is 0 Å². The molecule has 1 aromatic carbocycles. The lowest BCUT2D eigenvalue weighted by Crippen LogP contribution is -2.27. The van der Waals surface area contributed by atoms with Crippen molar-refractivity contribution in [1.29, 1.82) is 0 Å². The Bertz CT molecular complexity index is 332. The summed E-state index contributed by atoms with van der Waals surface area (Å²) < 4.78 is 0.956. The van der Waals surface area contributed by atoms with E-state index < -0.39 is 0 Å². The average molecular weight is 364 g/mol. The normalized spacial score (nSPS) is 10.4. The van der Waals surface area contributed by atoms with Gasteiger partial charge in [0.1, 0.15) is 5.75 Å². The zero-order valence-corrected chi connectivity index (χ0v) is 13.1. The molecule has 1 aromatic rings. The lowest BCUT2D eigenvalue weighted by molar-refractivity contribution is 0.294. The van der Waals surface area contributed by atoms with Crippen LogP contribution in [0.1, 0.15) is 5.56 Å². The number of aromatic hydroxyl groups is 1. The Morgan fingerprint density at radius 3 is 2.29 bits per heavy atom. The summed E-state index contributed by atoms with van der Waals surface area (Å²) in [5, 5.41) is 9.71. The number of rotatable bonds is 6. The fraction of sp³-hybridized carbons (Fsp3) is 0.455. The maximum absolute atomic E-state index is 9.71. The second-order valence-electron chi connectivity index (χ2n) is 3.43. The van der Waals surface area contributed by atoms with Crippen LogP contribution in [0, 0.1) is 0 Å². The van der Waals surface area contributed by atoms with Gasteiger partial charge in [-0.3, -0.25) is 4.90 Å². The quantitative estimate of drug-likeness (QED) is 0.776. The van der Waals surface area contributed by atoms with Gasteiger partial charge in [-0.1, -0.05) is 15.9 Å². The second kappa shape index (κ2) is 9.29. The first-order valence-electron chi connectivity index (χ1n) is 4.99. The Kier molecular flexibility index (Phi) is 9.47. The Morgan fingerprint density at radius 1 is 1.18 bits per heavy atom. The van der Waals surface area contributed by atoms with Gasteiger partial charge in [0.25, 0.3) is 0 Å². The van der Waals surface area contributed by atoms with Crippen LogP contribution in [-0.4, -0.2) is 34.9 Å². The molecule has 1 rings (SSSR count). The minimum atomic E-state index is 0. The van der Waals surface area contributed by atoms with Crippen LogP contribution in [0.15, 0.2) is 22.7 Å². The molecular weight excluding hydrogens is 348 g/mol. The van der Waals surface area contributed by atoms with Gasteiger partial charge in [0, 0.05) is 41.4 Å². The summed E-state index contributed by atoms with van der Waals surface area (Å²) >= 11 is 14.8. The van der Waals surface area contributed by atoms with Gasteiger partial charge in [-0.05, 0) is 18.2 Å². The van der Waals surface area contributed by atoms with Crippen molar-refractivity contribution in [1.82, 2.24) is 4.90 Å². The van der Waals surface area contributed by atoms with Crippen LogP contribution in [0.25, 0.3) is 0 Å². The number of phenols is 1. The van der Waals surface area contributed by atoms with Gasteiger partial charge in [0.2, 0.25) is 0 Å². The highest BCUT2D eigenvalue weighted by Crippen LogP contribution is 2.23. The summed E-state index contributed by atoms with van der Waals surface area (Å²) in [7, 11) is 0. The number of hydrogen-bond acceptors (Lipinski definition) is 2. The Balaban J connectivity index is 0.00000256. The van der Waals surface area contributed by atoms with E-state index in [2.05, 4.69) is 20.8 Å². The molecule has 0 bridgehead atoms. The van der Waals surface area contributed by atoms with Crippen LogP contribution < -0.4 is 0 Å². The molecule has 0 unspecified atom stereocenters. The highest BCUT2D eigenvalue weighted by atomic mass is 79.9. The van der Waals surface area contributed by atoms with Crippen molar-refractivity contribution < 1.29 is 5.11 Å². The lowest BCUT2D eigenvalue weighted by Gasteiger charge is -2.20. The number of hydrogen-bond donors (Lipinski definition) is 1. The molecule has 0 saturated heterocycles. The zero-order valence-electron chi connectivity index (χ0n) is 9.20. The molecule has 17 heavy (non-hydrogen) atoms. The minimum absolute atomic E-state index is 0. The van der Waals surface area contributed by atoms with E-state index in [1.54, 1.807) is 6.07 Å². The Hall–Kier alpha value is 0.330. The Labute approximate surface area is 126 Å². The maximum atomic E-state index is 9.71. The number of alkyl halides is 2. The van der Waals surface area contributed by atoms with Crippen LogP contribution in [-0.2, 0) is 6.54 Å². The maximum Gasteiger partial charge on any atom is 0.120 e. The third-order valence-electron chi connectivity index (χ3n) is 2.24. The van der Waals surface area contributed by atoms with Crippen LogP contribution in [0.3, 0.4) is 0 Å². The van der Waals surface area contributed by atoms with E-state index in [1.807, 2.05) is 12.1 Å². The smallest absolute Gasteiger partial charge is 0.120 e. The fourth-order valence-corrected chi connectivity index (χ4v) is 2.32. The molecule has 0 aliphatic rings. The SMILES string of the molecule is Cl.Oc1ccc(Br)cc1CN(CCCl)CCCl. The van der Waals surface area contributed by atoms with Crippen molar-refractivity contribution in [2.75, 3.05) is 24.8 Å². The molecule has 0 amide bonds. The predicted molar refractivity (Wildman–Crippen MR) is 79.8 cm³/mol. The van der Waals surface area contributed by atoms with E-state index in [9.17, 15) is 5.11 Å². The van der Waals surface area contributed by atoms with Gasteiger partial charge < -0.3 is 5.11 Å². The molecule has 1 N–H and O–H groups in total. The highest BCUT2D eigenvalue weighted by molar-refractivity contribution is 9.10. The summed E-state index contributed by atoms with van der Waals surface area (Å²) in [4.78, 5) is 2.11. The molecule has 6 heteroatoms. The van der Waals surface area contributed by atoms with Crippen LogP contribution in [0.2, 0.25) is 0 Å². The van der Waals surface area contributed by atoms with Gasteiger partial charge in [-0.2, -0.15) is 0 Å². The molecule has 0 spiro atoms. The average Bonchev–Trinajstić information content (AvgIpc) is 2.24. The van der Waals surface area contributed by atoms with E-state index in [0.717, 1.165) is 23.1 Å². The molecule has 0 radical (unpaired) electrons. The summed E-state index contributed by atoms with van der Waals surface area (Å²) in [6, 6.07) is 5.40. The molecule has 0 aromatic heterocycles. The first-order chi connectivity index (χ1) is 7.67. The number of benzene rings is 1. The highest BCUT2D eigenvalue weighted by Gasteiger charge is 2.08. The number of phenolic OH excluding ortho intramolecular Hbond substituents is 1. The lowest BCUT2D eigenvalue weighted by atomic mass is 10.2. The zero-order chi connectivity index (χ0) is 12.0. The van der Waals surface area contributed by atoms with E-state index >= 15 is 0 Å². The third kappa shape index (κ3) is 6.16. The monoisotopic (exact) mass is 361 g/mol. The van der Waals surface area contributed by atoms with Crippen LogP contribution in [0.4, 0.5) is 0 Å². The molecule has 2 nitrogen and oxygen atoms in total. The fourth-order valence-electron chi connectivity index (χ4n) is 1.43. The first kappa shape index (κ1) is 17.3. The molecule has 98 valence electrons. The molecule has 0 aliphatic heterocycles. The summed E-state index contributed by atoms with van der Waals surface area (Å²) in [6.45, 7) is 2.19. The first-order valence-corrected chi connectivity index (χ1v) is 6.85. The van der Waals surface area contributed by atoms with Crippen molar-refractivity contribution >= 4 is 51.5 Å². The van der Waals surface area contributed by atoms with Crippen LogP contribution in [0.5, 0.6) is 5.75 Å². The van der Waals surface area contributed by atoms with Gasteiger partial charge in [0.05, 0.1) is 0 Å². The molecular formula is C11H15BrCl3NO. The van der Waals surface area contributed by atoms with E-state index in [4.69, 9.17) is 23.2 Å². The largest absolute Gasteiger partial charge is 0.508 e.